The molecule has 0 spiro atoms. The van der Waals surface area contributed by atoms with E-state index in [9.17, 15) is 43.2 Å². The third kappa shape index (κ3) is 79.4. The smallest absolute Gasteiger partial charge is 0.462 e. The van der Waals surface area contributed by atoms with E-state index in [-0.39, 0.29) is 25.7 Å². The maximum absolute atomic E-state index is 13.1. The molecule has 0 aliphatic carbocycles. The van der Waals surface area contributed by atoms with Gasteiger partial charge in [-0.2, -0.15) is 0 Å². The Morgan fingerprint density at radius 2 is 0.457 bits per heavy atom. The number of hydrogen-bond acceptors (Lipinski definition) is 15. The average Bonchev–Trinajstić information content (AvgIpc) is 0.910. The maximum atomic E-state index is 13.1. The highest BCUT2D eigenvalue weighted by Crippen LogP contribution is 2.45. The number of phosphoric acid groups is 2. The van der Waals surface area contributed by atoms with Crippen LogP contribution in [0.25, 0.3) is 0 Å². The van der Waals surface area contributed by atoms with E-state index in [0.29, 0.717) is 25.7 Å². The first-order valence-electron chi connectivity index (χ1n) is 44.1. The number of hydrogen-bond donors (Lipinski definition) is 3. The predicted octanol–water partition coefficient (Wildman–Crippen LogP) is 26.1. The van der Waals surface area contributed by atoms with Gasteiger partial charge in [-0.05, 0) is 51.4 Å². The number of unbranched alkanes of at least 4 members (excludes halogenated alkanes) is 56. The quantitative estimate of drug-likeness (QED) is 0.0169. The SMILES string of the molecule is CCCCCC/C=C\C=C/CCCCCCCC(=O)O[C@H](COC(=O)CCCCCCCCCCCCCCC)COP(=O)(O)OC[C@H](O)COP(=O)(O)OC[C@@H](COC(=O)CCCCCCCCCCCCCCCCCCC)OC(=O)CCCCCCCCCCCCCCCCCCCCCC. The van der Waals surface area contributed by atoms with Gasteiger partial charge in [0, 0.05) is 25.7 Å². The molecule has 5 atom stereocenters. The monoisotopic (exact) mass is 1530 g/mol. The summed E-state index contributed by atoms with van der Waals surface area (Å²) in [6.45, 7) is 5.00. The summed E-state index contributed by atoms with van der Waals surface area (Å²) < 4.78 is 68.9. The number of aliphatic hydroxyl groups excluding tert-OH is 1. The topological polar surface area (TPSA) is 237 Å². The molecule has 0 rings (SSSR count). The maximum Gasteiger partial charge on any atom is 0.472 e. The van der Waals surface area contributed by atoms with Crippen LogP contribution >= 0.6 is 15.6 Å². The van der Waals surface area contributed by atoms with Crippen LogP contribution in [0.15, 0.2) is 24.3 Å². The second-order valence-electron chi connectivity index (χ2n) is 30.2. The largest absolute Gasteiger partial charge is 0.472 e. The fourth-order valence-corrected chi connectivity index (χ4v) is 14.6. The summed E-state index contributed by atoms with van der Waals surface area (Å²) in [5.41, 5.74) is 0. The molecule has 0 aromatic carbocycles. The molecule has 17 nitrogen and oxygen atoms in total. The molecule has 2 unspecified atom stereocenters. The summed E-state index contributed by atoms with van der Waals surface area (Å²) in [5, 5.41) is 10.7. The van der Waals surface area contributed by atoms with Crippen molar-refractivity contribution in [3.63, 3.8) is 0 Å². The molecule has 0 aliphatic heterocycles. The van der Waals surface area contributed by atoms with E-state index in [1.807, 2.05) is 0 Å². The van der Waals surface area contributed by atoms with Gasteiger partial charge in [-0.25, -0.2) is 9.13 Å². The Hall–Kier alpha value is -2.46. The molecule has 0 heterocycles. The number of phosphoric ester groups is 2. The number of carbonyl (C=O) groups excluding carboxylic acids is 4. The number of ether oxygens (including phenoxy) is 4. The Kier molecular flexibility index (Phi) is 77.8. The van der Waals surface area contributed by atoms with E-state index in [1.54, 1.807) is 0 Å². The van der Waals surface area contributed by atoms with E-state index in [2.05, 4.69) is 52.0 Å². The number of aliphatic hydroxyl groups is 1. The van der Waals surface area contributed by atoms with Gasteiger partial charge in [0.1, 0.15) is 19.3 Å². The van der Waals surface area contributed by atoms with Crippen LogP contribution in [0.2, 0.25) is 0 Å². The summed E-state index contributed by atoms with van der Waals surface area (Å²) in [7, 11) is -9.94. The third-order valence-corrected chi connectivity index (χ3v) is 21.6. The lowest BCUT2D eigenvalue weighted by Crippen LogP contribution is -2.30. The lowest BCUT2D eigenvalue weighted by atomic mass is 10.0. The lowest BCUT2D eigenvalue weighted by molar-refractivity contribution is -0.161. The minimum absolute atomic E-state index is 0.0862. The molecule has 105 heavy (non-hydrogen) atoms. The molecule has 0 aliphatic rings. The van der Waals surface area contributed by atoms with Crippen molar-refractivity contribution in [1.29, 1.82) is 0 Å². The standard InChI is InChI=1S/C86H164O17P2/c1-5-9-13-17-21-25-29-33-36-38-39-40-42-45-49-53-57-61-65-69-73-86(91)103-82(77-97-84(89)71-67-63-59-55-51-47-44-41-37-34-30-26-22-18-14-10-6-2)79-101-105(94,95)99-75-80(87)74-98-104(92,93)100-78-81(76-96-83(88)70-66-62-58-54-50-46-32-28-24-20-16-12-8-4)102-85(90)72-68-64-60-56-52-48-43-35-31-27-23-19-15-11-7-3/h27,31,35,43,80-82,87H,5-26,28-30,32-34,36-42,44-79H2,1-4H3,(H,92,93)(H,94,95)/b31-27-,43-35-/t80-,81+,82+/m0/s1. The van der Waals surface area contributed by atoms with E-state index in [1.165, 1.54) is 263 Å². The van der Waals surface area contributed by atoms with Crippen molar-refractivity contribution in [1.82, 2.24) is 0 Å². The second-order valence-corrected chi connectivity index (χ2v) is 33.1. The second kappa shape index (κ2) is 79.6. The van der Waals surface area contributed by atoms with Crippen LogP contribution in [0.4, 0.5) is 0 Å². The summed E-state index contributed by atoms with van der Waals surface area (Å²) in [5.74, 6) is -2.13. The van der Waals surface area contributed by atoms with Gasteiger partial charge in [0.15, 0.2) is 12.2 Å². The minimum Gasteiger partial charge on any atom is -0.462 e. The Morgan fingerprint density at radius 1 is 0.267 bits per heavy atom. The molecule has 0 aromatic heterocycles. The van der Waals surface area contributed by atoms with Gasteiger partial charge in [0.25, 0.3) is 0 Å². The fourth-order valence-electron chi connectivity index (χ4n) is 13.0. The van der Waals surface area contributed by atoms with Crippen LogP contribution in [-0.2, 0) is 65.4 Å². The molecule has 0 bridgehead atoms. The van der Waals surface area contributed by atoms with Crippen LogP contribution in [0.1, 0.15) is 445 Å². The van der Waals surface area contributed by atoms with Crippen molar-refractivity contribution in [2.45, 2.75) is 463 Å². The lowest BCUT2D eigenvalue weighted by Gasteiger charge is -2.21. The molecular formula is C86H164O17P2. The van der Waals surface area contributed by atoms with Gasteiger partial charge in [0.05, 0.1) is 26.4 Å². The molecule has 0 amide bonds. The molecule has 0 saturated carbocycles. The number of esters is 4. The number of carbonyl (C=O) groups is 4. The van der Waals surface area contributed by atoms with Gasteiger partial charge in [-0.15, -0.1) is 0 Å². The molecule has 0 aromatic rings. The highest BCUT2D eigenvalue weighted by molar-refractivity contribution is 7.47. The minimum atomic E-state index is -4.97. The molecule has 3 N–H and O–H groups in total. The van der Waals surface area contributed by atoms with Gasteiger partial charge in [0.2, 0.25) is 0 Å². The van der Waals surface area contributed by atoms with Crippen molar-refractivity contribution >= 4 is 39.5 Å². The van der Waals surface area contributed by atoms with Gasteiger partial charge >= 0.3 is 39.5 Å². The van der Waals surface area contributed by atoms with Crippen molar-refractivity contribution in [3.05, 3.63) is 24.3 Å². The van der Waals surface area contributed by atoms with Crippen molar-refractivity contribution in [2.75, 3.05) is 39.6 Å². The van der Waals surface area contributed by atoms with Crippen LogP contribution in [0, 0.1) is 0 Å². The molecule has 0 radical (unpaired) electrons. The predicted molar refractivity (Wildman–Crippen MR) is 432 cm³/mol. The third-order valence-electron chi connectivity index (χ3n) is 19.7. The van der Waals surface area contributed by atoms with Crippen molar-refractivity contribution < 1.29 is 80.2 Å². The Morgan fingerprint density at radius 3 is 0.695 bits per heavy atom. The van der Waals surface area contributed by atoms with Crippen molar-refractivity contribution in [3.8, 4) is 0 Å². The normalized spacial score (nSPS) is 13.9. The summed E-state index contributed by atoms with van der Waals surface area (Å²) >= 11 is 0. The molecule has 0 fully saturated rings. The summed E-state index contributed by atoms with van der Waals surface area (Å²) in [4.78, 5) is 73.2. The zero-order valence-electron chi connectivity index (χ0n) is 68.2. The van der Waals surface area contributed by atoms with E-state index < -0.39 is 97.5 Å². The summed E-state index contributed by atoms with van der Waals surface area (Å²) in [6.07, 6.45) is 77.1. The zero-order chi connectivity index (χ0) is 76.7. The van der Waals surface area contributed by atoms with Gasteiger partial charge < -0.3 is 33.8 Å². The summed E-state index contributed by atoms with van der Waals surface area (Å²) in [6, 6.07) is 0. The van der Waals surface area contributed by atoms with Crippen LogP contribution in [0.3, 0.4) is 0 Å². The highest BCUT2D eigenvalue weighted by Gasteiger charge is 2.30. The van der Waals surface area contributed by atoms with Crippen LogP contribution in [-0.4, -0.2) is 96.7 Å². The van der Waals surface area contributed by atoms with Gasteiger partial charge in [-0.3, -0.25) is 37.3 Å². The number of allylic oxidation sites excluding steroid dienone is 4. The molecular weight excluding hydrogens is 1370 g/mol. The fraction of sp³-hybridized carbons (Fsp3) is 0.907. The Balaban J connectivity index is 5.28. The van der Waals surface area contributed by atoms with Crippen LogP contribution in [0.5, 0.6) is 0 Å². The average molecular weight is 1530 g/mol. The highest BCUT2D eigenvalue weighted by atomic mass is 31.2. The Labute approximate surface area is 643 Å². The number of rotatable bonds is 85. The van der Waals surface area contributed by atoms with E-state index in [0.717, 1.165) is 103 Å². The van der Waals surface area contributed by atoms with E-state index in [4.69, 9.17) is 37.0 Å². The Bertz CT molecular complexity index is 2080. The molecule has 19 heteroatoms. The first-order chi connectivity index (χ1) is 51.2. The van der Waals surface area contributed by atoms with Gasteiger partial charge in [-0.1, -0.05) is 392 Å². The first-order valence-corrected chi connectivity index (χ1v) is 47.1. The first kappa shape index (κ1) is 103. The molecule has 620 valence electrons. The van der Waals surface area contributed by atoms with Crippen LogP contribution < -0.4 is 0 Å². The zero-order valence-corrected chi connectivity index (χ0v) is 70.0. The van der Waals surface area contributed by atoms with E-state index >= 15 is 0 Å². The van der Waals surface area contributed by atoms with Crippen molar-refractivity contribution in [2.24, 2.45) is 0 Å². The molecule has 0 saturated heterocycles.